The molecule has 206 valence electrons. The molecule has 0 bridgehead atoms. The number of ether oxygens (including phenoxy) is 2. The van der Waals surface area contributed by atoms with Crippen LogP contribution in [0.5, 0.6) is 11.5 Å². The number of carbonyl (C=O) groups is 2. The number of aromatic amines is 1. The van der Waals surface area contributed by atoms with Gasteiger partial charge in [-0.3, -0.25) is 4.79 Å². The van der Waals surface area contributed by atoms with E-state index >= 15 is 0 Å². The monoisotopic (exact) mass is 565 g/mol. The normalized spacial score (nSPS) is 11.1. The number of carbonyl (C=O) groups excluding carboxylic acids is 2. The summed E-state index contributed by atoms with van der Waals surface area (Å²) in [4.78, 5) is 29.3. The standard InChI is InChI=1S/C33H28ClN3O4/c1-4-22-10-8-13-25-29(24-12-5-6-14-26(24)34)31(36-30(22)25)32(38)37-35-19-21-15-16-27(28(18-21)40-3)41-33(39)23-11-7-9-20(2)17-23/h5-19,36H,4H2,1-3H3,(H,37,38). The predicted octanol–water partition coefficient (Wildman–Crippen LogP) is 7.35. The molecule has 0 aliphatic carbocycles. The van der Waals surface area contributed by atoms with Gasteiger partial charge in [-0.15, -0.1) is 0 Å². The van der Waals surface area contributed by atoms with Crippen LogP contribution in [0.15, 0.2) is 90.0 Å². The molecule has 0 saturated heterocycles. The Kier molecular flexibility index (Phi) is 8.17. The number of halogens is 1. The van der Waals surface area contributed by atoms with E-state index in [9.17, 15) is 9.59 Å². The van der Waals surface area contributed by atoms with E-state index in [-0.39, 0.29) is 5.75 Å². The van der Waals surface area contributed by atoms with E-state index in [2.05, 4.69) is 22.4 Å². The number of benzene rings is 4. The van der Waals surface area contributed by atoms with Gasteiger partial charge in [-0.1, -0.05) is 72.6 Å². The van der Waals surface area contributed by atoms with Crippen molar-refractivity contribution >= 4 is 40.6 Å². The first-order valence-electron chi connectivity index (χ1n) is 13.1. The number of methoxy groups -OCH3 is 1. The van der Waals surface area contributed by atoms with Gasteiger partial charge in [-0.2, -0.15) is 5.10 Å². The van der Waals surface area contributed by atoms with E-state index in [0.717, 1.165) is 39.6 Å². The Balaban J connectivity index is 1.38. The van der Waals surface area contributed by atoms with Crippen LogP contribution in [0.4, 0.5) is 0 Å². The molecule has 5 aromatic rings. The third-order valence-corrected chi connectivity index (χ3v) is 7.02. The summed E-state index contributed by atoms with van der Waals surface area (Å²) >= 11 is 6.55. The second-order valence-corrected chi connectivity index (χ2v) is 9.82. The fourth-order valence-electron chi connectivity index (χ4n) is 4.69. The van der Waals surface area contributed by atoms with Crippen LogP contribution in [0, 0.1) is 6.92 Å². The first-order chi connectivity index (χ1) is 19.9. The van der Waals surface area contributed by atoms with Crippen LogP contribution >= 0.6 is 11.6 Å². The Morgan fingerprint density at radius 1 is 0.976 bits per heavy atom. The average molecular weight is 566 g/mol. The summed E-state index contributed by atoms with van der Waals surface area (Å²) in [5, 5.41) is 5.62. The zero-order valence-electron chi connectivity index (χ0n) is 22.8. The van der Waals surface area contributed by atoms with Crippen LogP contribution in [0.25, 0.3) is 22.0 Å². The van der Waals surface area contributed by atoms with Crippen molar-refractivity contribution in [2.24, 2.45) is 5.10 Å². The maximum Gasteiger partial charge on any atom is 0.343 e. The van der Waals surface area contributed by atoms with Crippen LogP contribution in [0.2, 0.25) is 5.02 Å². The lowest BCUT2D eigenvalue weighted by Gasteiger charge is -2.10. The van der Waals surface area contributed by atoms with Crippen molar-refractivity contribution < 1.29 is 19.1 Å². The number of hydrazone groups is 1. The Morgan fingerprint density at radius 2 is 1.78 bits per heavy atom. The highest BCUT2D eigenvalue weighted by molar-refractivity contribution is 6.34. The van der Waals surface area contributed by atoms with Gasteiger partial charge < -0.3 is 14.5 Å². The third-order valence-electron chi connectivity index (χ3n) is 6.70. The highest BCUT2D eigenvalue weighted by Crippen LogP contribution is 2.37. The Labute approximate surface area is 242 Å². The predicted molar refractivity (Wildman–Crippen MR) is 162 cm³/mol. The first kappa shape index (κ1) is 27.7. The van der Waals surface area contributed by atoms with Crippen molar-refractivity contribution in [3.63, 3.8) is 0 Å². The number of nitrogens with zero attached hydrogens (tertiary/aromatic N) is 1. The number of aromatic nitrogens is 1. The maximum atomic E-state index is 13.4. The molecule has 0 aliphatic rings. The molecule has 1 amide bonds. The number of amides is 1. The van der Waals surface area contributed by atoms with Crippen LogP contribution in [0.1, 0.15) is 44.5 Å². The number of esters is 1. The fraction of sp³-hybridized carbons (Fsp3) is 0.121. The summed E-state index contributed by atoms with van der Waals surface area (Å²) in [6.07, 6.45) is 2.29. The van der Waals surface area contributed by atoms with Gasteiger partial charge in [0.15, 0.2) is 11.5 Å². The Morgan fingerprint density at radius 3 is 2.54 bits per heavy atom. The van der Waals surface area contributed by atoms with Gasteiger partial charge in [0.2, 0.25) is 0 Å². The molecular formula is C33H28ClN3O4. The summed E-state index contributed by atoms with van der Waals surface area (Å²) < 4.78 is 11.0. The Hall–Kier alpha value is -4.88. The molecule has 2 N–H and O–H groups in total. The maximum absolute atomic E-state index is 13.4. The molecule has 0 radical (unpaired) electrons. The molecule has 0 saturated carbocycles. The van der Waals surface area contributed by atoms with Gasteiger partial charge in [0.25, 0.3) is 5.91 Å². The molecular weight excluding hydrogens is 538 g/mol. The number of hydrogen-bond acceptors (Lipinski definition) is 5. The van der Waals surface area contributed by atoms with Crippen molar-refractivity contribution in [1.29, 1.82) is 0 Å². The van der Waals surface area contributed by atoms with Crippen LogP contribution in [-0.4, -0.2) is 30.2 Å². The number of para-hydroxylation sites is 1. The summed E-state index contributed by atoms with van der Waals surface area (Å²) in [7, 11) is 1.48. The van der Waals surface area contributed by atoms with Crippen molar-refractivity contribution in [2.75, 3.05) is 7.11 Å². The number of aryl methyl sites for hydroxylation is 2. The summed E-state index contributed by atoms with van der Waals surface area (Å²) in [6.45, 7) is 3.97. The number of hydrogen-bond donors (Lipinski definition) is 2. The van der Waals surface area contributed by atoms with E-state index in [1.54, 1.807) is 42.5 Å². The van der Waals surface area contributed by atoms with E-state index in [0.29, 0.717) is 27.6 Å². The van der Waals surface area contributed by atoms with E-state index in [1.165, 1.54) is 13.3 Å². The quantitative estimate of drug-likeness (QED) is 0.0890. The SMILES string of the molecule is CCc1cccc2c(-c3ccccc3Cl)c(C(=O)NN=Cc3ccc(OC(=O)c4cccc(C)c4)c(OC)c3)[nH]c12. The van der Waals surface area contributed by atoms with E-state index < -0.39 is 11.9 Å². The van der Waals surface area contributed by atoms with Crippen LogP contribution < -0.4 is 14.9 Å². The molecule has 4 aromatic carbocycles. The lowest BCUT2D eigenvalue weighted by Crippen LogP contribution is -2.19. The topological polar surface area (TPSA) is 92.8 Å². The summed E-state index contributed by atoms with van der Waals surface area (Å²) in [5.74, 6) is -0.274. The van der Waals surface area contributed by atoms with Crippen molar-refractivity contribution in [1.82, 2.24) is 10.4 Å². The van der Waals surface area contributed by atoms with Gasteiger partial charge in [0.05, 0.1) is 18.9 Å². The largest absolute Gasteiger partial charge is 0.493 e. The van der Waals surface area contributed by atoms with Crippen molar-refractivity contribution in [2.45, 2.75) is 20.3 Å². The molecule has 0 fully saturated rings. The number of rotatable bonds is 8. The molecule has 41 heavy (non-hydrogen) atoms. The third kappa shape index (κ3) is 5.85. The highest BCUT2D eigenvalue weighted by Gasteiger charge is 2.22. The molecule has 5 rings (SSSR count). The summed E-state index contributed by atoms with van der Waals surface area (Å²) in [6, 6.07) is 25.6. The second-order valence-electron chi connectivity index (χ2n) is 9.42. The first-order valence-corrected chi connectivity index (χ1v) is 13.5. The zero-order chi connectivity index (χ0) is 28.9. The molecule has 1 aromatic heterocycles. The lowest BCUT2D eigenvalue weighted by atomic mass is 9.99. The minimum atomic E-state index is -0.487. The van der Waals surface area contributed by atoms with Gasteiger partial charge in [0.1, 0.15) is 5.69 Å². The highest BCUT2D eigenvalue weighted by atomic mass is 35.5. The molecule has 0 atom stereocenters. The van der Waals surface area contributed by atoms with Gasteiger partial charge in [-0.05, 0) is 60.9 Å². The molecule has 0 spiro atoms. The molecule has 8 heteroatoms. The van der Waals surface area contributed by atoms with Gasteiger partial charge in [-0.25, -0.2) is 10.2 Å². The second kappa shape index (κ2) is 12.1. The van der Waals surface area contributed by atoms with Crippen LogP contribution in [0.3, 0.4) is 0 Å². The number of fused-ring (bicyclic) bond motifs is 1. The van der Waals surface area contributed by atoms with E-state index in [1.807, 2.05) is 49.4 Å². The summed E-state index contributed by atoms with van der Waals surface area (Å²) in [5.41, 5.74) is 8.46. The molecule has 0 aliphatic heterocycles. The van der Waals surface area contributed by atoms with E-state index in [4.69, 9.17) is 21.1 Å². The molecule has 1 heterocycles. The van der Waals surface area contributed by atoms with Crippen molar-refractivity contribution in [3.8, 4) is 22.6 Å². The van der Waals surface area contributed by atoms with Crippen molar-refractivity contribution in [3.05, 3.63) is 118 Å². The minimum absolute atomic E-state index is 0.273. The average Bonchev–Trinajstić information content (AvgIpc) is 3.37. The molecule has 7 nitrogen and oxygen atoms in total. The number of H-pyrrole nitrogens is 1. The van der Waals surface area contributed by atoms with Gasteiger partial charge >= 0.3 is 5.97 Å². The van der Waals surface area contributed by atoms with Gasteiger partial charge in [0, 0.05) is 27.1 Å². The zero-order valence-corrected chi connectivity index (χ0v) is 23.6. The Bertz CT molecular complexity index is 1790. The lowest BCUT2D eigenvalue weighted by molar-refractivity contribution is 0.0729. The van der Waals surface area contributed by atoms with Crippen LogP contribution in [-0.2, 0) is 6.42 Å². The minimum Gasteiger partial charge on any atom is -0.493 e. The smallest absolute Gasteiger partial charge is 0.343 e. The molecule has 0 unspecified atom stereocenters. The fourth-order valence-corrected chi connectivity index (χ4v) is 4.92. The number of nitrogens with one attached hydrogen (secondary N) is 2.